The van der Waals surface area contributed by atoms with Gasteiger partial charge < -0.3 is 0 Å². The van der Waals surface area contributed by atoms with Gasteiger partial charge >= 0.3 is 0 Å². The summed E-state index contributed by atoms with van der Waals surface area (Å²) >= 11 is 3.07. The van der Waals surface area contributed by atoms with Crippen LogP contribution in [0.15, 0.2) is 21.6 Å². The molecule has 6 heteroatoms. The average Bonchev–Trinajstić information content (AvgIpc) is 2.13. The molecular weight excluding hydrogens is 252 g/mol. The van der Waals surface area contributed by atoms with Crippen molar-refractivity contribution in [2.75, 3.05) is 0 Å². The molecule has 0 unspecified atom stereocenters. The van der Waals surface area contributed by atoms with Gasteiger partial charge in [-0.05, 0) is 34.5 Å². The highest BCUT2D eigenvalue weighted by Gasteiger charge is 2.15. The summed E-state index contributed by atoms with van der Waals surface area (Å²) < 4.78 is 0.332. The largest absolute Gasteiger partial charge is 0.283 e. The van der Waals surface area contributed by atoms with E-state index in [0.29, 0.717) is 15.7 Å². The number of hydrogen-bond donors (Lipinski definition) is 0. The molecule has 0 atom stereocenters. The van der Waals surface area contributed by atoms with Crippen molar-refractivity contribution in [3.63, 3.8) is 0 Å². The Morgan fingerprint density at radius 3 is 2.71 bits per heavy atom. The second-order valence-electron chi connectivity index (χ2n) is 2.50. The van der Waals surface area contributed by atoms with Crippen LogP contribution in [-0.2, 0) is 4.79 Å². The van der Waals surface area contributed by atoms with E-state index in [1.165, 1.54) is 18.2 Å². The summed E-state index contributed by atoms with van der Waals surface area (Å²) in [5, 5.41) is 10.5. The van der Waals surface area contributed by atoms with Gasteiger partial charge in [-0.15, -0.1) is 0 Å². The highest BCUT2D eigenvalue weighted by Crippen LogP contribution is 2.33. The Balaban J connectivity index is 3.40. The van der Waals surface area contributed by atoms with Crippen LogP contribution in [0.25, 0.3) is 0 Å². The molecule has 1 rings (SSSR count). The summed E-state index contributed by atoms with van der Waals surface area (Å²) in [7, 11) is 0. The van der Waals surface area contributed by atoms with Crippen molar-refractivity contribution in [1.82, 2.24) is 0 Å². The van der Waals surface area contributed by atoms with Crippen LogP contribution >= 0.6 is 15.9 Å². The minimum atomic E-state index is -0.508. The molecule has 1 aromatic carbocycles. The number of benzene rings is 1. The van der Waals surface area contributed by atoms with E-state index in [2.05, 4.69) is 20.9 Å². The Bertz CT molecular complexity index is 411. The smallest absolute Gasteiger partial charge is 0.258 e. The first-order chi connectivity index (χ1) is 6.57. The Kier molecular flexibility index (Phi) is 3.11. The first-order valence-corrected chi connectivity index (χ1v) is 4.38. The van der Waals surface area contributed by atoms with Crippen LogP contribution in [0.1, 0.15) is 5.56 Å². The van der Waals surface area contributed by atoms with E-state index in [1.54, 1.807) is 6.92 Å². The van der Waals surface area contributed by atoms with E-state index in [-0.39, 0.29) is 5.69 Å². The molecule has 0 aliphatic rings. The molecule has 14 heavy (non-hydrogen) atoms. The van der Waals surface area contributed by atoms with Crippen LogP contribution in [-0.4, -0.2) is 11.0 Å². The van der Waals surface area contributed by atoms with Gasteiger partial charge in [0.25, 0.3) is 5.69 Å². The molecule has 0 aromatic heterocycles. The van der Waals surface area contributed by atoms with Crippen LogP contribution in [0.3, 0.4) is 0 Å². The Hall–Kier alpha value is -1.52. The van der Waals surface area contributed by atoms with Gasteiger partial charge in [0.05, 0.1) is 10.6 Å². The third-order valence-electron chi connectivity index (χ3n) is 1.70. The SMILES string of the molecule is Cc1c(N=C=O)ccc([N+](=O)[O-])c1Br. The van der Waals surface area contributed by atoms with Crippen LogP contribution < -0.4 is 0 Å². The van der Waals surface area contributed by atoms with Gasteiger partial charge in [-0.2, -0.15) is 4.99 Å². The third-order valence-corrected chi connectivity index (χ3v) is 2.70. The molecule has 0 bridgehead atoms. The van der Waals surface area contributed by atoms with E-state index in [0.717, 1.165) is 0 Å². The number of nitrogens with zero attached hydrogens (tertiary/aromatic N) is 2. The highest BCUT2D eigenvalue weighted by molar-refractivity contribution is 9.10. The molecule has 0 saturated carbocycles. The second kappa shape index (κ2) is 4.13. The van der Waals surface area contributed by atoms with E-state index in [1.807, 2.05) is 0 Å². The lowest BCUT2D eigenvalue weighted by molar-refractivity contribution is -0.385. The predicted molar refractivity (Wildman–Crippen MR) is 53.3 cm³/mol. The highest BCUT2D eigenvalue weighted by atomic mass is 79.9. The maximum atomic E-state index is 10.5. The summed E-state index contributed by atoms with van der Waals surface area (Å²) in [5.41, 5.74) is 0.868. The molecule has 0 radical (unpaired) electrons. The van der Waals surface area contributed by atoms with Crippen LogP contribution in [0.4, 0.5) is 11.4 Å². The zero-order valence-corrected chi connectivity index (χ0v) is 8.74. The Morgan fingerprint density at radius 2 is 2.21 bits per heavy atom. The fourth-order valence-electron chi connectivity index (χ4n) is 0.972. The molecule has 1 aromatic rings. The monoisotopic (exact) mass is 256 g/mol. The molecule has 0 saturated heterocycles. The molecular formula is C8H5BrN2O3. The topological polar surface area (TPSA) is 72.6 Å². The summed E-state index contributed by atoms with van der Waals surface area (Å²) in [6.07, 6.45) is 1.39. The molecule has 0 spiro atoms. The van der Waals surface area contributed by atoms with E-state index in [4.69, 9.17) is 0 Å². The van der Waals surface area contributed by atoms with E-state index >= 15 is 0 Å². The normalized spacial score (nSPS) is 9.29. The lowest BCUT2D eigenvalue weighted by Crippen LogP contribution is -1.90. The van der Waals surface area contributed by atoms with Crippen molar-refractivity contribution < 1.29 is 9.72 Å². The van der Waals surface area contributed by atoms with Crippen LogP contribution in [0.2, 0.25) is 0 Å². The maximum Gasteiger partial charge on any atom is 0.283 e. The fourth-order valence-corrected chi connectivity index (χ4v) is 1.45. The third kappa shape index (κ3) is 1.86. The number of hydrogen-bond acceptors (Lipinski definition) is 4. The molecule has 0 heterocycles. The van der Waals surface area contributed by atoms with Crippen molar-refractivity contribution in [3.8, 4) is 0 Å². The van der Waals surface area contributed by atoms with Crippen molar-refractivity contribution in [2.24, 2.45) is 4.99 Å². The molecule has 0 aliphatic carbocycles. The van der Waals surface area contributed by atoms with Crippen molar-refractivity contribution in [2.45, 2.75) is 6.92 Å². The van der Waals surface area contributed by atoms with Crippen LogP contribution in [0.5, 0.6) is 0 Å². The van der Waals surface area contributed by atoms with Crippen molar-refractivity contribution in [3.05, 3.63) is 32.3 Å². The van der Waals surface area contributed by atoms with Gasteiger partial charge in [0.1, 0.15) is 4.47 Å². The summed E-state index contributed by atoms with van der Waals surface area (Å²) in [6, 6.07) is 2.69. The van der Waals surface area contributed by atoms with Crippen molar-refractivity contribution >= 4 is 33.4 Å². The average molecular weight is 257 g/mol. The van der Waals surface area contributed by atoms with Gasteiger partial charge in [-0.1, -0.05) is 0 Å². The summed E-state index contributed by atoms with van der Waals surface area (Å²) in [4.78, 5) is 23.4. The molecule has 0 fully saturated rings. The number of nitro benzene ring substituents is 1. The zero-order valence-electron chi connectivity index (χ0n) is 7.15. The zero-order chi connectivity index (χ0) is 10.7. The Labute approximate surface area is 87.7 Å². The molecule has 0 aliphatic heterocycles. The maximum absolute atomic E-state index is 10.5. The van der Waals surface area contributed by atoms with Gasteiger partial charge in [0, 0.05) is 6.07 Å². The molecule has 5 nitrogen and oxygen atoms in total. The number of isocyanates is 1. The lowest BCUT2D eigenvalue weighted by atomic mass is 10.2. The van der Waals surface area contributed by atoms with Crippen LogP contribution in [0, 0.1) is 17.0 Å². The number of nitro groups is 1. The van der Waals surface area contributed by atoms with Gasteiger partial charge in [-0.3, -0.25) is 10.1 Å². The standard InChI is InChI=1S/C8H5BrN2O3/c1-5-6(10-4-12)2-3-7(8(5)9)11(13)14/h2-3H,1H3. The first kappa shape index (κ1) is 10.6. The minimum absolute atomic E-state index is 0.0488. The fraction of sp³-hybridized carbons (Fsp3) is 0.125. The number of aliphatic imine (C=N–C) groups is 1. The molecule has 0 N–H and O–H groups in total. The predicted octanol–water partition coefficient (Wildman–Crippen LogP) is 2.63. The number of halogens is 1. The quantitative estimate of drug-likeness (QED) is 0.354. The van der Waals surface area contributed by atoms with Gasteiger partial charge in [-0.25, -0.2) is 4.79 Å². The second-order valence-corrected chi connectivity index (χ2v) is 3.30. The first-order valence-electron chi connectivity index (χ1n) is 3.59. The Morgan fingerprint density at radius 1 is 1.57 bits per heavy atom. The summed E-state index contributed by atoms with van der Waals surface area (Å²) in [6.45, 7) is 1.63. The van der Waals surface area contributed by atoms with Crippen molar-refractivity contribution in [1.29, 1.82) is 0 Å². The minimum Gasteiger partial charge on any atom is -0.258 e. The number of carbonyl (C=O) groups excluding carboxylic acids is 1. The van der Waals surface area contributed by atoms with Gasteiger partial charge in [0.15, 0.2) is 0 Å². The number of rotatable bonds is 2. The molecule has 72 valence electrons. The molecule has 0 amide bonds. The lowest BCUT2D eigenvalue weighted by Gasteiger charge is -2.01. The van der Waals surface area contributed by atoms with E-state index < -0.39 is 4.92 Å². The van der Waals surface area contributed by atoms with E-state index in [9.17, 15) is 14.9 Å². The van der Waals surface area contributed by atoms with Gasteiger partial charge in [0.2, 0.25) is 6.08 Å². The summed E-state index contributed by atoms with van der Waals surface area (Å²) in [5.74, 6) is 0.